The van der Waals surface area contributed by atoms with E-state index in [4.69, 9.17) is 16.2 Å². The van der Waals surface area contributed by atoms with Crippen molar-refractivity contribution in [1.82, 2.24) is 4.90 Å². The summed E-state index contributed by atoms with van der Waals surface area (Å²) in [7, 11) is 0. The van der Waals surface area contributed by atoms with Crippen LogP contribution >= 0.6 is 0 Å². The second kappa shape index (κ2) is 3.98. The van der Waals surface area contributed by atoms with Crippen LogP contribution in [0.2, 0.25) is 0 Å². The van der Waals surface area contributed by atoms with Gasteiger partial charge in [0.15, 0.2) is 0 Å². The van der Waals surface area contributed by atoms with E-state index in [9.17, 15) is 4.79 Å². The van der Waals surface area contributed by atoms with Crippen molar-refractivity contribution in [3.63, 3.8) is 0 Å². The van der Waals surface area contributed by atoms with Gasteiger partial charge in [-0.25, -0.2) is 4.79 Å². The molecule has 5 heteroatoms. The zero-order valence-corrected chi connectivity index (χ0v) is 9.75. The summed E-state index contributed by atoms with van der Waals surface area (Å²) in [6, 6.07) is 0. The quantitative estimate of drug-likeness (QED) is 0.658. The lowest BCUT2D eigenvalue weighted by Gasteiger charge is -2.26. The first-order valence-electron chi connectivity index (χ1n) is 5.23. The molecule has 0 aromatic heterocycles. The van der Waals surface area contributed by atoms with Crippen molar-refractivity contribution >= 4 is 6.09 Å². The van der Waals surface area contributed by atoms with Crippen LogP contribution in [0.3, 0.4) is 0 Å². The number of nitrogens with two attached hydrogens (primary N) is 2. The van der Waals surface area contributed by atoms with Crippen molar-refractivity contribution in [2.75, 3.05) is 19.6 Å². The molecular formula is C10H21N3O2. The number of rotatable bonds is 1. The monoisotopic (exact) mass is 215 g/mol. The highest BCUT2D eigenvalue weighted by molar-refractivity contribution is 5.68. The first kappa shape index (κ1) is 12.3. The van der Waals surface area contributed by atoms with E-state index in [0.29, 0.717) is 19.6 Å². The molecule has 15 heavy (non-hydrogen) atoms. The molecule has 0 aromatic rings. The molecule has 1 saturated heterocycles. The number of amides is 1. The molecule has 0 aromatic carbocycles. The maximum absolute atomic E-state index is 11.7. The largest absolute Gasteiger partial charge is 0.444 e. The van der Waals surface area contributed by atoms with Crippen LogP contribution in [0.25, 0.3) is 0 Å². The topological polar surface area (TPSA) is 81.6 Å². The predicted octanol–water partition coefficient (Wildman–Crippen LogP) is 0.283. The Labute approximate surface area is 90.7 Å². The fraction of sp³-hybridized carbons (Fsp3) is 0.900. The summed E-state index contributed by atoms with van der Waals surface area (Å²) >= 11 is 0. The van der Waals surface area contributed by atoms with Crippen molar-refractivity contribution < 1.29 is 9.53 Å². The van der Waals surface area contributed by atoms with Crippen molar-refractivity contribution in [3.05, 3.63) is 0 Å². The maximum Gasteiger partial charge on any atom is 0.410 e. The third-order valence-corrected chi connectivity index (χ3v) is 2.44. The number of carbonyl (C=O) groups excluding carboxylic acids is 1. The van der Waals surface area contributed by atoms with Gasteiger partial charge in [-0.05, 0) is 27.2 Å². The van der Waals surface area contributed by atoms with Gasteiger partial charge in [0, 0.05) is 25.2 Å². The lowest BCUT2D eigenvalue weighted by Crippen LogP contribution is -2.50. The predicted molar refractivity (Wildman–Crippen MR) is 58.4 cm³/mol. The Bertz CT molecular complexity index is 250. The van der Waals surface area contributed by atoms with Crippen molar-refractivity contribution in [2.24, 2.45) is 11.5 Å². The van der Waals surface area contributed by atoms with Gasteiger partial charge in [-0.3, -0.25) is 0 Å². The van der Waals surface area contributed by atoms with E-state index < -0.39 is 11.1 Å². The lowest BCUT2D eigenvalue weighted by atomic mass is 10.0. The molecule has 0 radical (unpaired) electrons. The van der Waals surface area contributed by atoms with Crippen molar-refractivity contribution in [2.45, 2.75) is 38.3 Å². The molecule has 5 nitrogen and oxygen atoms in total. The third kappa shape index (κ3) is 3.35. The Morgan fingerprint density at radius 3 is 2.53 bits per heavy atom. The number of hydrogen-bond acceptors (Lipinski definition) is 4. The van der Waals surface area contributed by atoms with E-state index in [-0.39, 0.29) is 6.09 Å². The van der Waals surface area contributed by atoms with Gasteiger partial charge < -0.3 is 21.1 Å². The summed E-state index contributed by atoms with van der Waals surface area (Å²) in [5.74, 6) is 0. The second-order valence-corrected chi connectivity index (χ2v) is 5.22. The lowest BCUT2D eigenvalue weighted by molar-refractivity contribution is 0.0285. The fourth-order valence-corrected chi connectivity index (χ4v) is 1.54. The van der Waals surface area contributed by atoms with Crippen molar-refractivity contribution in [1.29, 1.82) is 0 Å². The second-order valence-electron chi connectivity index (χ2n) is 5.22. The summed E-state index contributed by atoms with van der Waals surface area (Å²) in [5.41, 5.74) is 10.6. The molecule has 1 unspecified atom stereocenters. The van der Waals surface area contributed by atoms with Gasteiger partial charge in [0.2, 0.25) is 0 Å². The molecule has 1 fully saturated rings. The molecule has 1 amide bonds. The summed E-state index contributed by atoms with van der Waals surface area (Å²) in [6.45, 7) is 7.05. The van der Waals surface area contributed by atoms with Gasteiger partial charge >= 0.3 is 6.09 Å². The molecule has 0 bridgehead atoms. The van der Waals surface area contributed by atoms with Crippen LogP contribution < -0.4 is 11.5 Å². The zero-order chi connectivity index (χ0) is 11.7. The molecular weight excluding hydrogens is 194 g/mol. The van der Waals surface area contributed by atoms with E-state index in [0.717, 1.165) is 6.42 Å². The minimum Gasteiger partial charge on any atom is -0.444 e. The van der Waals surface area contributed by atoms with Gasteiger partial charge in [0.05, 0.1) is 0 Å². The van der Waals surface area contributed by atoms with Crippen LogP contribution in [0, 0.1) is 0 Å². The summed E-state index contributed by atoms with van der Waals surface area (Å²) in [4.78, 5) is 13.3. The van der Waals surface area contributed by atoms with Gasteiger partial charge in [0.25, 0.3) is 0 Å². The fourth-order valence-electron chi connectivity index (χ4n) is 1.54. The van der Waals surface area contributed by atoms with E-state index in [2.05, 4.69) is 0 Å². The molecule has 1 aliphatic rings. The van der Waals surface area contributed by atoms with Gasteiger partial charge in [-0.15, -0.1) is 0 Å². The average Bonchev–Trinajstić information content (AvgIpc) is 2.46. The highest BCUT2D eigenvalue weighted by Crippen LogP contribution is 2.20. The van der Waals surface area contributed by atoms with Crippen LogP contribution in [-0.2, 0) is 4.74 Å². The minimum absolute atomic E-state index is 0.303. The molecule has 1 rings (SSSR count). The summed E-state index contributed by atoms with van der Waals surface area (Å²) < 4.78 is 5.25. The third-order valence-electron chi connectivity index (χ3n) is 2.44. The number of carbonyl (C=O) groups is 1. The maximum atomic E-state index is 11.7. The van der Waals surface area contributed by atoms with Crippen LogP contribution in [0.15, 0.2) is 0 Å². The zero-order valence-electron chi connectivity index (χ0n) is 9.75. The van der Waals surface area contributed by atoms with Crippen LogP contribution in [-0.4, -0.2) is 41.8 Å². The van der Waals surface area contributed by atoms with E-state index in [1.807, 2.05) is 20.8 Å². The highest BCUT2D eigenvalue weighted by atomic mass is 16.6. The van der Waals surface area contributed by atoms with Gasteiger partial charge in [-0.1, -0.05) is 0 Å². The molecule has 1 aliphatic heterocycles. The van der Waals surface area contributed by atoms with E-state index in [1.54, 1.807) is 4.90 Å². The average molecular weight is 215 g/mol. The standard InChI is InChI=1S/C10H21N3O2/c1-9(2,3)15-8(14)13-5-4-10(12,6-11)7-13/h4-7,11-12H2,1-3H3. The van der Waals surface area contributed by atoms with E-state index in [1.165, 1.54) is 0 Å². The Morgan fingerprint density at radius 1 is 1.53 bits per heavy atom. The minimum atomic E-state index is -0.459. The first-order valence-corrected chi connectivity index (χ1v) is 5.23. The number of likely N-dealkylation sites (tertiary alicyclic amines) is 1. The molecule has 88 valence electrons. The molecule has 1 atom stereocenters. The molecule has 0 saturated carbocycles. The molecule has 0 spiro atoms. The Morgan fingerprint density at radius 2 is 2.13 bits per heavy atom. The first-order chi connectivity index (χ1) is 6.76. The Kier molecular flexibility index (Phi) is 3.25. The Hall–Kier alpha value is -0.810. The van der Waals surface area contributed by atoms with Gasteiger partial charge in [-0.2, -0.15) is 0 Å². The molecule has 0 aliphatic carbocycles. The normalized spacial score (nSPS) is 26.9. The Balaban J connectivity index is 2.51. The number of ether oxygens (including phenoxy) is 1. The van der Waals surface area contributed by atoms with E-state index >= 15 is 0 Å². The number of nitrogens with zero attached hydrogens (tertiary/aromatic N) is 1. The molecule has 4 N–H and O–H groups in total. The van der Waals surface area contributed by atoms with Crippen LogP contribution in [0.1, 0.15) is 27.2 Å². The summed E-state index contributed by atoms with van der Waals surface area (Å²) in [5, 5.41) is 0. The highest BCUT2D eigenvalue weighted by Gasteiger charge is 2.37. The SMILES string of the molecule is CC(C)(C)OC(=O)N1CCC(N)(CN)C1. The van der Waals surface area contributed by atoms with Crippen LogP contribution in [0.4, 0.5) is 4.79 Å². The van der Waals surface area contributed by atoms with Crippen LogP contribution in [0.5, 0.6) is 0 Å². The summed E-state index contributed by atoms with van der Waals surface area (Å²) in [6.07, 6.45) is 0.436. The number of hydrogen-bond donors (Lipinski definition) is 2. The molecule has 1 heterocycles. The smallest absolute Gasteiger partial charge is 0.410 e. The van der Waals surface area contributed by atoms with Gasteiger partial charge in [0.1, 0.15) is 5.60 Å². The van der Waals surface area contributed by atoms with Crippen molar-refractivity contribution in [3.8, 4) is 0 Å².